The first-order chi connectivity index (χ1) is 12.1. The lowest BCUT2D eigenvalue weighted by atomic mass is 10.1. The van der Waals surface area contributed by atoms with Crippen LogP contribution in [-0.2, 0) is 4.79 Å². The maximum Gasteiger partial charge on any atom is 0.231 e. The second-order valence-electron chi connectivity index (χ2n) is 6.55. The monoisotopic (exact) mass is 345 g/mol. The van der Waals surface area contributed by atoms with Crippen LogP contribution in [0.3, 0.4) is 0 Å². The molecule has 1 aromatic carbocycles. The van der Waals surface area contributed by atoms with Gasteiger partial charge in [-0.25, -0.2) is 14.4 Å². The van der Waals surface area contributed by atoms with Crippen LogP contribution in [0.5, 0.6) is 0 Å². The highest BCUT2D eigenvalue weighted by molar-refractivity contribution is 5.96. The summed E-state index contributed by atoms with van der Waals surface area (Å²) in [5, 5.41) is 8.25. The zero-order chi connectivity index (χ0) is 17.4. The Balaban J connectivity index is 0.000000217. The van der Waals surface area contributed by atoms with Crippen LogP contribution in [-0.4, -0.2) is 58.8 Å². The molecule has 0 aliphatic carbocycles. The summed E-state index contributed by atoms with van der Waals surface area (Å²) in [5.41, 5.74) is 1.12. The number of hydrogen-bond acceptors (Lipinski definition) is 6. The topological polar surface area (TPSA) is 65.7 Å². The van der Waals surface area contributed by atoms with Gasteiger partial charge in [0.1, 0.15) is 5.82 Å². The number of hydrazine groups is 1. The van der Waals surface area contributed by atoms with Crippen molar-refractivity contribution >= 4 is 11.6 Å². The molecule has 0 saturated carbocycles. The van der Waals surface area contributed by atoms with E-state index in [2.05, 4.69) is 20.2 Å². The van der Waals surface area contributed by atoms with Gasteiger partial charge in [-0.2, -0.15) is 4.98 Å². The highest BCUT2D eigenvalue weighted by Crippen LogP contribution is 2.32. The maximum absolute atomic E-state index is 13.9. The molecule has 7 nitrogen and oxygen atoms in total. The molecule has 3 saturated heterocycles. The molecule has 5 rings (SSSR count). The normalized spacial score (nSPS) is 22.7. The molecule has 1 aromatic heterocycles. The van der Waals surface area contributed by atoms with E-state index in [0.29, 0.717) is 18.1 Å². The molecule has 3 aliphatic rings. The summed E-state index contributed by atoms with van der Waals surface area (Å²) in [7, 11) is 0. The number of benzene rings is 1. The number of aromatic nitrogens is 2. The maximum atomic E-state index is 13.9. The summed E-state index contributed by atoms with van der Waals surface area (Å²) in [6.07, 6.45) is 1.56. The Morgan fingerprint density at radius 2 is 1.92 bits per heavy atom. The van der Waals surface area contributed by atoms with Crippen LogP contribution in [0.2, 0.25) is 0 Å². The Morgan fingerprint density at radius 1 is 1.20 bits per heavy atom. The highest BCUT2D eigenvalue weighted by Gasteiger charge is 2.35. The van der Waals surface area contributed by atoms with Gasteiger partial charge in [-0.3, -0.25) is 4.79 Å². The molecule has 0 spiro atoms. The van der Waals surface area contributed by atoms with E-state index in [-0.39, 0.29) is 24.1 Å². The van der Waals surface area contributed by atoms with Crippen molar-refractivity contribution in [2.75, 3.05) is 37.6 Å². The van der Waals surface area contributed by atoms with Crippen molar-refractivity contribution in [3.63, 3.8) is 0 Å². The predicted octanol–water partition coefficient (Wildman–Crippen LogP) is 1.57. The number of anilines is 1. The van der Waals surface area contributed by atoms with E-state index in [4.69, 9.17) is 4.52 Å². The lowest BCUT2D eigenvalue weighted by Gasteiger charge is -2.52. The fourth-order valence-corrected chi connectivity index (χ4v) is 3.29. The van der Waals surface area contributed by atoms with Crippen LogP contribution in [0.15, 0.2) is 29.0 Å². The molecular formula is C17H20FN5O2. The van der Waals surface area contributed by atoms with Gasteiger partial charge in [-0.15, -0.1) is 0 Å². The van der Waals surface area contributed by atoms with Crippen molar-refractivity contribution in [1.82, 2.24) is 20.2 Å². The van der Waals surface area contributed by atoms with Crippen LogP contribution in [0.1, 0.15) is 23.8 Å². The van der Waals surface area contributed by atoms with Gasteiger partial charge in [0.15, 0.2) is 6.33 Å². The summed E-state index contributed by atoms with van der Waals surface area (Å²) >= 11 is 0. The second-order valence-corrected chi connectivity index (χ2v) is 6.55. The summed E-state index contributed by atoms with van der Waals surface area (Å²) < 4.78 is 18.9. The van der Waals surface area contributed by atoms with Crippen LogP contribution >= 0.6 is 0 Å². The molecule has 0 radical (unpaired) electrons. The molecule has 1 amide bonds. The highest BCUT2D eigenvalue weighted by atomic mass is 19.1. The van der Waals surface area contributed by atoms with E-state index in [1.807, 2.05) is 0 Å². The molecule has 4 heterocycles. The van der Waals surface area contributed by atoms with Crippen molar-refractivity contribution in [3.05, 3.63) is 41.8 Å². The molecule has 1 atom stereocenters. The largest absolute Gasteiger partial charge is 0.339 e. The molecule has 132 valence electrons. The first-order valence-electron chi connectivity index (χ1n) is 8.44. The smallest absolute Gasteiger partial charge is 0.231 e. The number of amides is 1. The molecule has 0 unspecified atom stereocenters. The summed E-state index contributed by atoms with van der Waals surface area (Å²) in [4.78, 5) is 17.4. The fourth-order valence-electron chi connectivity index (χ4n) is 3.29. The standard InChI is InChI=1S/C13H12FN3O2.C4H8N2/c1-8-2-3-11(10(14)4-8)17-6-9(5-12(17)18)13-15-7-16-19-13;1-2-6-4-3-5(1)6/h2-4,7,9H,5-6H2,1H3;1-4H2/t9-;/m0./s1. The number of aryl methyl sites for hydroxylation is 1. The number of fused-ring (bicyclic) bond motifs is 1. The van der Waals surface area contributed by atoms with Crippen molar-refractivity contribution in [1.29, 1.82) is 0 Å². The average molecular weight is 345 g/mol. The van der Waals surface area contributed by atoms with Crippen molar-refractivity contribution in [2.45, 2.75) is 19.3 Å². The minimum absolute atomic E-state index is 0.133. The van der Waals surface area contributed by atoms with Crippen molar-refractivity contribution in [2.24, 2.45) is 0 Å². The van der Waals surface area contributed by atoms with Crippen LogP contribution < -0.4 is 4.90 Å². The number of nitrogens with zero attached hydrogens (tertiary/aromatic N) is 5. The summed E-state index contributed by atoms with van der Waals surface area (Å²) in [6.45, 7) is 7.45. The number of hydrogen-bond donors (Lipinski definition) is 0. The van der Waals surface area contributed by atoms with Gasteiger partial charge in [0, 0.05) is 39.1 Å². The zero-order valence-electron chi connectivity index (χ0n) is 14.1. The Morgan fingerprint density at radius 3 is 2.44 bits per heavy atom. The minimum Gasteiger partial charge on any atom is -0.339 e. The Bertz CT molecular complexity index is 748. The number of piperazine rings is 1. The first kappa shape index (κ1) is 16.2. The molecule has 2 aromatic rings. The number of rotatable bonds is 2. The minimum atomic E-state index is -0.389. The van der Waals surface area contributed by atoms with Crippen LogP contribution in [0.4, 0.5) is 10.1 Å². The third-order valence-corrected chi connectivity index (χ3v) is 4.88. The van der Waals surface area contributed by atoms with Crippen molar-refractivity contribution < 1.29 is 13.7 Å². The molecule has 3 fully saturated rings. The van der Waals surface area contributed by atoms with E-state index in [1.165, 1.54) is 43.5 Å². The molecule has 25 heavy (non-hydrogen) atoms. The van der Waals surface area contributed by atoms with Gasteiger partial charge >= 0.3 is 0 Å². The van der Waals surface area contributed by atoms with Crippen LogP contribution in [0, 0.1) is 12.7 Å². The lowest BCUT2D eigenvalue weighted by molar-refractivity contribution is -0.189. The molecule has 3 aliphatic heterocycles. The van der Waals surface area contributed by atoms with E-state index >= 15 is 0 Å². The van der Waals surface area contributed by atoms with E-state index in [0.717, 1.165) is 5.56 Å². The van der Waals surface area contributed by atoms with E-state index in [1.54, 1.807) is 19.1 Å². The third kappa shape index (κ3) is 3.14. The fraction of sp³-hybridized carbons (Fsp3) is 0.471. The Kier molecular flexibility index (Phi) is 4.22. The van der Waals surface area contributed by atoms with Crippen LogP contribution in [0.25, 0.3) is 0 Å². The van der Waals surface area contributed by atoms with Gasteiger partial charge in [-0.05, 0) is 24.6 Å². The van der Waals surface area contributed by atoms with Gasteiger partial charge in [-0.1, -0.05) is 11.2 Å². The number of halogens is 1. The average Bonchev–Trinajstić information content (AvgIpc) is 3.21. The summed E-state index contributed by atoms with van der Waals surface area (Å²) in [6, 6.07) is 4.83. The second kappa shape index (κ2) is 6.53. The van der Waals surface area contributed by atoms with E-state index in [9.17, 15) is 9.18 Å². The van der Waals surface area contributed by atoms with Crippen molar-refractivity contribution in [3.8, 4) is 0 Å². The number of carbonyl (C=O) groups excluding carboxylic acids is 1. The Hall–Kier alpha value is -2.32. The predicted molar refractivity (Wildman–Crippen MR) is 88.3 cm³/mol. The Labute approximate surface area is 145 Å². The summed E-state index contributed by atoms with van der Waals surface area (Å²) in [5.74, 6) is -0.274. The molecule has 0 bridgehead atoms. The lowest BCUT2D eigenvalue weighted by Crippen LogP contribution is -2.68. The van der Waals surface area contributed by atoms with Gasteiger partial charge in [0.05, 0.1) is 11.6 Å². The molecular weight excluding hydrogens is 325 g/mol. The quantitative estimate of drug-likeness (QED) is 0.823. The first-order valence-corrected chi connectivity index (χ1v) is 8.44. The third-order valence-electron chi connectivity index (χ3n) is 4.88. The molecule has 8 heteroatoms. The number of carbonyl (C=O) groups is 1. The van der Waals surface area contributed by atoms with Gasteiger partial charge in [0.2, 0.25) is 11.8 Å². The molecule has 0 N–H and O–H groups in total. The SMILES string of the molecule is C1CN2CCN12.Cc1ccc(N2C[C@@H](c3ncno3)CC2=O)c(F)c1. The van der Waals surface area contributed by atoms with E-state index < -0.39 is 0 Å². The zero-order valence-corrected chi connectivity index (χ0v) is 14.1. The van der Waals surface area contributed by atoms with Gasteiger partial charge < -0.3 is 9.42 Å². The van der Waals surface area contributed by atoms with Gasteiger partial charge in [0.25, 0.3) is 0 Å².